The third kappa shape index (κ3) is 5.76. The van der Waals surface area contributed by atoms with Crippen LogP contribution in [0.5, 0.6) is 5.75 Å². The molecule has 34 heavy (non-hydrogen) atoms. The first kappa shape index (κ1) is 24.6. The minimum Gasteiger partial charge on any atom is -0.496 e. The summed E-state index contributed by atoms with van der Waals surface area (Å²) in [4.78, 5) is 19.8. The highest BCUT2D eigenvalue weighted by atomic mass is 32.2. The molecule has 9 heteroatoms. The van der Waals surface area contributed by atoms with Gasteiger partial charge in [-0.1, -0.05) is 18.9 Å². The molecule has 1 amide bonds. The minimum absolute atomic E-state index is 0.0457. The van der Waals surface area contributed by atoms with Crippen molar-refractivity contribution in [2.75, 3.05) is 33.4 Å². The van der Waals surface area contributed by atoms with E-state index in [0.717, 1.165) is 44.1 Å². The third-order valence-electron chi connectivity index (χ3n) is 6.44. The highest BCUT2D eigenvalue weighted by molar-refractivity contribution is 7.89. The van der Waals surface area contributed by atoms with Gasteiger partial charge >= 0.3 is 0 Å². The summed E-state index contributed by atoms with van der Waals surface area (Å²) in [6, 6.07) is 8.32. The van der Waals surface area contributed by atoms with Gasteiger partial charge in [-0.3, -0.25) is 9.78 Å². The molecule has 2 aromatic rings. The summed E-state index contributed by atoms with van der Waals surface area (Å²) in [5.41, 5.74) is 1.13. The molecule has 2 aliphatic heterocycles. The van der Waals surface area contributed by atoms with Crippen LogP contribution in [0.25, 0.3) is 0 Å². The number of carbonyl (C=O) groups is 1. The zero-order valence-corrected chi connectivity index (χ0v) is 20.5. The molecule has 0 saturated carbocycles. The molecule has 0 bridgehead atoms. The van der Waals surface area contributed by atoms with E-state index in [-0.39, 0.29) is 22.5 Å². The average molecular weight is 488 g/mol. The van der Waals surface area contributed by atoms with Crippen molar-refractivity contribution in [3.63, 3.8) is 0 Å². The Hall–Kier alpha value is -2.49. The third-order valence-corrected chi connectivity index (χ3v) is 8.33. The summed E-state index contributed by atoms with van der Waals surface area (Å²) in [5.74, 6) is 0.0625. The first-order chi connectivity index (χ1) is 16.5. The van der Waals surface area contributed by atoms with Gasteiger partial charge in [0.2, 0.25) is 10.0 Å². The van der Waals surface area contributed by atoms with Crippen LogP contribution in [0.15, 0.2) is 47.6 Å². The van der Waals surface area contributed by atoms with E-state index in [4.69, 9.17) is 9.47 Å². The van der Waals surface area contributed by atoms with Crippen LogP contribution in [0, 0.1) is 0 Å². The Labute approximate surface area is 201 Å². The van der Waals surface area contributed by atoms with Crippen molar-refractivity contribution in [3.8, 4) is 5.75 Å². The van der Waals surface area contributed by atoms with Crippen LogP contribution in [-0.4, -0.2) is 68.0 Å². The molecule has 0 aliphatic carbocycles. The van der Waals surface area contributed by atoms with Crippen molar-refractivity contribution < 1.29 is 22.7 Å². The van der Waals surface area contributed by atoms with Gasteiger partial charge in [0.05, 0.1) is 23.7 Å². The zero-order valence-electron chi connectivity index (χ0n) is 19.7. The SMILES string of the molecule is COc1ccc(S(=O)(=O)N2CCCCCC2)cc1C(=O)N(Cc1cccnc1)CC1CCCO1. The van der Waals surface area contributed by atoms with E-state index in [9.17, 15) is 13.2 Å². The zero-order chi connectivity index (χ0) is 24.0. The average Bonchev–Trinajstić information content (AvgIpc) is 3.21. The number of sulfonamides is 1. The molecule has 8 nitrogen and oxygen atoms in total. The monoisotopic (exact) mass is 487 g/mol. The molecule has 0 spiro atoms. The Morgan fingerprint density at radius 3 is 2.62 bits per heavy atom. The highest BCUT2D eigenvalue weighted by Gasteiger charge is 2.30. The van der Waals surface area contributed by atoms with E-state index in [0.29, 0.717) is 38.5 Å². The highest BCUT2D eigenvalue weighted by Crippen LogP contribution is 2.28. The van der Waals surface area contributed by atoms with E-state index < -0.39 is 10.0 Å². The number of hydrogen-bond donors (Lipinski definition) is 0. The fraction of sp³-hybridized carbons (Fsp3) is 0.520. The number of hydrogen-bond acceptors (Lipinski definition) is 6. The summed E-state index contributed by atoms with van der Waals surface area (Å²) >= 11 is 0. The van der Waals surface area contributed by atoms with Crippen molar-refractivity contribution in [1.29, 1.82) is 0 Å². The van der Waals surface area contributed by atoms with Crippen molar-refractivity contribution in [2.24, 2.45) is 0 Å². The molecule has 2 fully saturated rings. The molecule has 0 N–H and O–H groups in total. The van der Waals surface area contributed by atoms with Crippen LogP contribution < -0.4 is 4.74 Å². The minimum atomic E-state index is -3.70. The maximum absolute atomic E-state index is 13.8. The molecule has 4 rings (SSSR count). The van der Waals surface area contributed by atoms with Gasteiger partial charge in [0.15, 0.2) is 0 Å². The molecule has 2 saturated heterocycles. The number of pyridine rings is 1. The second kappa shape index (κ2) is 11.3. The number of nitrogens with zero attached hydrogens (tertiary/aromatic N) is 3. The molecule has 1 aromatic heterocycles. The van der Waals surface area contributed by atoms with E-state index in [2.05, 4.69) is 4.98 Å². The van der Waals surface area contributed by atoms with Crippen molar-refractivity contribution in [1.82, 2.24) is 14.2 Å². The second-order valence-corrected chi connectivity index (χ2v) is 10.8. The van der Waals surface area contributed by atoms with Crippen molar-refractivity contribution >= 4 is 15.9 Å². The fourth-order valence-electron chi connectivity index (χ4n) is 4.58. The molecule has 1 unspecified atom stereocenters. The van der Waals surface area contributed by atoms with Gasteiger partial charge in [0.25, 0.3) is 5.91 Å². The van der Waals surface area contributed by atoms with Crippen molar-refractivity contribution in [2.45, 2.75) is 56.1 Å². The number of carbonyl (C=O) groups excluding carboxylic acids is 1. The topological polar surface area (TPSA) is 89.0 Å². The van der Waals surface area contributed by atoms with Gasteiger partial charge in [0.1, 0.15) is 5.75 Å². The Balaban J connectivity index is 1.65. The van der Waals surface area contributed by atoms with Gasteiger partial charge in [-0.25, -0.2) is 8.42 Å². The summed E-state index contributed by atoms with van der Waals surface area (Å²) in [7, 11) is -2.21. The normalized spacial score (nSPS) is 19.5. The lowest BCUT2D eigenvalue weighted by molar-refractivity contribution is 0.0504. The molecular weight excluding hydrogens is 454 g/mol. The fourth-order valence-corrected chi connectivity index (χ4v) is 6.13. The van der Waals surface area contributed by atoms with Crippen LogP contribution >= 0.6 is 0 Å². The summed E-state index contributed by atoms with van der Waals surface area (Å²) in [6.07, 6.45) is 8.99. The molecule has 1 atom stereocenters. The Morgan fingerprint density at radius 2 is 1.97 bits per heavy atom. The smallest absolute Gasteiger partial charge is 0.258 e. The number of amides is 1. The lowest BCUT2D eigenvalue weighted by Crippen LogP contribution is -2.37. The van der Waals surface area contributed by atoms with E-state index in [1.807, 2.05) is 12.1 Å². The first-order valence-corrected chi connectivity index (χ1v) is 13.4. The standard InChI is InChI=1S/C25H33N3O5S/c1-32-24-11-10-22(34(30,31)28-13-4-2-3-5-14-28)16-23(24)25(29)27(19-21-9-7-15-33-21)18-20-8-6-12-26-17-20/h6,8,10-12,16-17,21H,2-5,7,9,13-15,18-19H2,1H3. The first-order valence-electron chi connectivity index (χ1n) is 12.0. The lowest BCUT2D eigenvalue weighted by atomic mass is 10.1. The number of methoxy groups -OCH3 is 1. The Kier molecular flexibility index (Phi) is 8.18. The second-order valence-electron chi connectivity index (χ2n) is 8.86. The number of ether oxygens (including phenoxy) is 2. The van der Waals surface area contributed by atoms with Crippen LogP contribution in [0.2, 0.25) is 0 Å². The molecule has 1 aromatic carbocycles. The van der Waals surface area contributed by atoms with Crippen LogP contribution in [0.4, 0.5) is 0 Å². The quantitative estimate of drug-likeness (QED) is 0.566. The predicted octanol–water partition coefficient (Wildman–Crippen LogP) is 3.48. The van der Waals surface area contributed by atoms with Gasteiger partial charge in [0, 0.05) is 45.2 Å². The van der Waals surface area contributed by atoms with Crippen LogP contribution in [-0.2, 0) is 21.3 Å². The number of aromatic nitrogens is 1. The predicted molar refractivity (Wildman–Crippen MR) is 128 cm³/mol. The number of benzene rings is 1. The van der Waals surface area contributed by atoms with Gasteiger partial charge < -0.3 is 14.4 Å². The largest absolute Gasteiger partial charge is 0.496 e. The Morgan fingerprint density at radius 1 is 1.18 bits per heavy atom. The summed E-state index contributed by atoms with van der Waals surface area (Å²) in [6.45, 7) is 2.46. The lowest BCUT2D eigenvalue weighted by Gasteiger charge is -2.27. The van der Waals surface area contributed by atoms with E-state index in [1.54, 1.807) is 23.4 Å². The molecule has 3 heterocycles. The van der Waals surface area contributed by atoms with Crippen LogP contribution in [0.3, 0.4) is 0 Å². The molecule has 184 valence electrons. The summed E-state index contributed by atoms with van der Waals surface area (Å²) in [5, 5.41) is 0. The van der Waals surface area contributed by atoms with Crippen molar-refractivity contribution in [3.05, 3.63) is 53.9 Å². The van der Waals surface area contributed by atoms with Gasteiger partial charge in [-0.05, 0) is 55.5 Å². The van der Waals surface area contributed by atoms with E-state index in [1.165, 1.54) is 23.5 Å². The molecule has 0 radical (unpaired) electrons. The maximum Gasteiger partial charge on any atom is 0.258 e. The number of rotatable bonds is 8. The van der Waals surface area contributed by atoms with E-state index >= 15 is 0 Å². The van der Waals surface area contributed by atoms with Gasteiger partial charge in [-0.2, -0.15) is 4.31 Å². The summed E-state index contributed by atoms with van der Waals surface area (Å²) < 4.78 is 39.6. The van der Waals surface area contributed by atoms with Gasteiger partial charge in [-0.15, -0.1) is 0 Å². The molecule has 2 aliphatic rings. The molecular formula is C25H33N3O5S. The Bertz CT molecular complexity index is 1060. The van der Waals surface area contributed by atoms with Crippen LogP contribution in [0.1, 0.15) is 54.4 Å². The maximum atomic E-state index is 13.8.